The quantitative estimate of drug-likeness (QED) is 0.532. The molecule has 0 aromatic heterocycles. The van der Waals surface area contributed by atoms with Crippen molar-refractivity contribution in [3.8, 4) is 0 Å². The van der Waals surface area contributed by atoms with Crippen molar-refractivity contribution in [1.29, 1.82) is 0 Å². The predicted molar refractivity (Wildman–Crippen MR) is 77.6 cm³/mol. The van der Waals surface area contributed by atoms with Gasteiger partial charge in [-0.1, -0.05) is 38.5 Å². The molecule has 0 aromatic carbocycles. The van der Waals surface area contributed by atoms with E-state index in [2.05, 4.69) is 0 Å². The van der Waals surface area contributed by atoms with Crippen molar-refractivity contribution in [1.82, 2.24) is 0 Å². The van der Waals surface area contributed by atoms with E-state index in [-0.39, 0.29) is 0 Å². The molecule has 0 radical (unpaired) electrons. The van der Waals surface area contributed by atoms with Crippen LogP contribution < -0.4 is 0 Å². The van der Waals surface area contributed by atoms with Crippen molar-refractivity contribution in [3.05, 3.63) is 11.3 Å². The van der Waals surface area contributed by atoms with E-state index < -0.39 is 0 Å². The Morgan fingerprint density at radius 1 is 0.500 bits per heavy atom. The minimum absolute atomic E-state index is 0.971. The minimum atomic E-state index is 0.971. The van der Waals surface area contributed by atoms with Gasteiger partial charge in [0.05, 0.1) is 12.4 Å². The molecule has 0 fully saturated rings. The second kappa shape index (κ2) is 8.61. The molecule has 0 aromatic rings. The van der Waals surface area contributed by atoms with Crippen molar-refractivity contribution in [3.63, 3.8) is 0 Å². The fourth-order valence-corrected chi connectivity index (χ4v) is 3.25. The van der Waals surface area contributed by atoms with E-state index in [0.29, 0.717) is 0 Å². The Bertz CT molecular complexity index is 228. The molecule has 1 aliphatic carbocycles. The molecule has 0 saturated heterocycles. The largest absolute Gasteiger partial charge is 0.498 e. The normalized spacial score (nSPS) is 24.9. The summed E-state index contributed by atoms with van der Waals surface area (Å²) in [6, 6.07) is 0. The van der Waals surface area contributed by atoms with Crippen molar-refractivity contribution in [2.24, 2.45) is 0 Å². The fraction of sp³-hybridized carbons (Fsp3) is 0.882. The number of hydrogen-bond acceptors (Lipinski definition) is 1. The molecule has 1 heterocycles. The van der Waals surface area contributed by atoms with Crippen LogP contribution in [-0.2, 0) is 4.74 Å². The average Bonchev–Trinajstić information content (AvgIpc) is 2.34. The Morgan fingerprint density at radius 3 is 1.67 bits per heavy atom. The van der Waals surface area contributed by atoms with Crippen molar-refractivity contribution in [2.45, 2.75) is 89.9 Å². The van der Waals surface area contributed by atoms with Gasteiger partial charge in [0.15, 0.2) is 0 Å². The van der Waals surface area contributed by atoms with Crippen LogP contribution >= 0.6 is 0 Å². The first-order valence-electron chi connectivity index (χ1n) is 8.30. The Morgan fingerprint density at radius 2 is 1.00 bits per heavy atom. The lowest BCUT2D eigenvalue weighted by Crippen LogP contribution is -2.05. The number of rotatable bonds is 0. The maximum atomic E-state index is 6.07. The highest BCUT2D eigenvalue weighted by Gasteiger charge is 2.12. The third kappa shape index (κ3) is 5.04. The van der Waals surface area contributed by atoms with E-state index in [1.807, 2.05) is 0 Å². The highest BCUT2D eigenvalue weighted by atomic mass is 16.5. The van der Waals surface area contributed by atoms with Crippen LogP contribution in [0.1, 0.15) is 89.9 Å². The van der Waals surface area contributed by atoms with Crippen molar-refractivity contribution < 1.29 is 4.74 Å². The molecule has 0 spiro atoms. The molecule has 1 aliphatic heterocycles. The number of allylic oxidation sites excluding steroid dienone is 2. The Hall–Kier alpha value is -0.460. The van der Waals surface area contributed by atoms with E-state index in [0.717, 1.165) is 6.61 Å². The SMILES string of the molecule is C1CCCCCC2=C(CCCC1)CCCCCO2. The van der Waals surface area contributed by atoms with Crippen LogP contribution in [0.25, 0.3) is 0 Å². The first kappa shape index (κ1) is 14.0. The second-order valence-corrected chi connectivity index (χ2v) is 6.01. The van der Waals surface area contributed by atoms with Gasteiger partial charge in [-0.3, -0.25) is 0 Å². The zero-order valence-electron chi connectivity index (χ0n) is 12.0. The molecule has 0 amide bonds. The topological polar surface area (TPSA) is 9.23 Å². The molecule has 104 valence electrons. The van der Waals surface area contributed by atoms with Gasteiger partial charge in [-0.05, 0) is 50.5 Å². The predicted octanol–water partition coefficient (Wildman–Crippen LogP) is 5.75. The molecular formula is C17H30O. The van der Waals surface area contributed by atoms with Crippen LogP contribution in [0.2, 0.25) is 0 Å². The second-order valence-electron chi connectivity index (χ2n) is 6.01. The molecule has 2 rings (SSSR count). The molecule has 0 saturated carbocycles. The van der Waals surface area contributed by atoms with Gasteiger partial charge in [0.1, 0.15) is 0 Å². The molecule has 1 heteroatoms. The monoisotopic (exact) mass is 250 g/mol. The van der Waals surface area contributed by atoms with Crippen LogP contribution in [0.3, 0.4) is 0 Å². The average molecular weight is 250 g/mol. The van der Waals surface area contributed by atoms with E-state index in [1.54, 1.807) is 5.57 Å². The highest BCUT2D eigenvalue weighted by molar-refractivity contribution is 5.09. The first-order valence-corrected chi connectivity index (χ1v) is 8.30. The van der Waals surface area contributed by atoms with Crippen LogP contribution in [-0.4, -0.2) is 6.61 Å². The Labute approximate surface area is 113 Å². The van der Waals surface area contributed by atoms with Gasteiger partial charge in [0.25, 0.3) is 0 Å². The summed E-state index contributed by atoms with van der Waals surface area (Å²) in [5, 5.41) is 0. The van der Waals surface area contributed by atoms with Crippen molar-refractivity contribution in [2.75, 3.05) is 6.61 Å². The van der Waals surface area contributed by atoms with Gasteiger partial charge >= 0.3 is 0 Å². The fourth-order valence-electron chi connectivity index (χ4n) is 3.25. The zero-order chi connectivity index (χ0) is 12.5. The van der Waals surface area contributed by atoms with E-state index in [1.165, 1.54) is 95.7 Å². The zero-order valence-corrected chi connectivity index (χ0v) is 12.0. The van der Waals surface area contributed by atoms with Crippen LogP contribution in [0, 0.1) is 0 Å². The summed E-state index contributed by atoms with van der Waals surface area (Å²) in [5.41, 5.74) is 1.68. The van der Waals surface area contributed by atoms with Gasteiger partial charge in [-0.2, -0.15) is 0 Å². The molecule has 18 heavy (non-hydrogen) atoms. The van der Waals surface area contributed by atoms with Crippen molar-refractivity contribution >= 4 is 0 Å². The number of ether oxygens (including phenoxy) is 1. The maximum Gasteiger partial charge on any atom is 0.0951 e. The third-order valence-electron chi connectivity index (χ3n) is 4.43. The first-order chi connectivity index (χ1) is 8.97. The van der Waals surface area contributed by atoms with Crippen LogP contribution in [0.4, 0.5) is 0 Å². The summed E-state index contributed by atoms with van der Waals surface area (Å²) in [7, 11) is 0. The molecule has 0 unspecified atom stereocenters. The Kier molecular flexibility index (Phi) is 6.68. The molecule has 1 nitrogen and oxygen atoms in total. The molecule has 2 aliphatic rings. The summed E-state index contributed by atoms with van der Waals surface area (Å²) in [5.74, 6) is 1.40. The van der Waals surface area contributed by atoms with Gasteiger partial charge in [-0.15, -0.1) is 0 Å². The molecular weight excluding hydrogens is 220 g/mol. The standard InChI is InChI=1S/C17H30O/c1-2-4-6-10-14-17-16(12-8-5-3-1)13-9-7-11-15-18-17/h1-15H2. The summed E-state index contributed by atoms with van der Waals surface area (Å²) in [6.45, 7) is 0.971. The number of hydrogen-bond donors (Lipinski definition) is 0. The third-order valence-corrected chi connectivity index (χ3v) is 4.43. The minimum Gasteiger partial charge on any atom is -0.498 e. The summed E-state index contributed by atoms with van der Waals surface area (Å²) in [6.07, 6.45) is 19.2. The molecule has 0 bridgehead atoms. The Balaban J connectivity index is 1.96. The van der Waals surface area contributed by atoms with Crippen LogP contribution in [0.15, 0.2) is 11.3 Å². The van der Waals surface area contributed by atoms with Crippen LogP contribution in [0.5, 0.6) is 0 Å². The lowest BCUT2D eigenvalue weighted by molar-refractivity contribution is 0.182. The van der Waals surface area contributed by atoms with Gasteiger partial charge in [0, 0.05) is 6.42 Å². The van der Waals surface area contributed by atoms with E-state index in [9.17, 15) is 0 Å². The van der Waals surface area contributed by atoms with Gasteiger partial charge in [0.2, 0.25) is 0 Å². The highest BCUT2D eigenvalue weighted by Crippen LogP contribution is 2.28. The molecule has 0 atom stereocenters. The van der Waals surface area contributed by atoms with Gasteiger partial charge in [-0.25, -0.2) is 0 Å². The summed E-state index contributed by atoms with van der Waals surface area (Å²) < 4.78 is 6.07. The smallest absolute Gasteiger partial charge is 0.0951 e. The lowest BCUT2D eigenvalue weighted by atomic mass is 9.95. The summed E-state index contributed by atoms with van der Waals surface area (Å²) >= 11 is 0. The molecule has 0 N–H and O–H groups in total. The van der Waals surface area contributed by atoms with E-state index in [4.69, 9.17) is 4.74 Å². The lowest BCUT2D eigenvalue weighted by Gasteiger charge is -2.20. The maximum absolute atomic E-state index is 6.07. The van der Waals surface area contributed by atoms with E-state index >= 15 is 0 Å². The van der Waals surface area contributed by atoms with Gasteiger partial charge < -0.3 is 4.74 Å². The summed E-state index contributed by atoms with van der Waals surface area (Å²) in [4.78, 5) is 0.